The number of aromatic hydroxyl groups is 2. The van der Waals surface area contributed by atoms with E-state index in [4.69, 9.17) is 46.4 Å². The summed E-state index contributed by atoms with van der Waals surface area (Å²) in [6.45, 7) is 0. The summed E-state index contributed by atoms with van der Waals surface area (Å²) in [4.78, 5) is 27.2. The van der Waals surface area contributed by atoms with Crippen LogP contribution in [0.5, 0.6) is 11.5 Å². The summed E-state index contributed by atoms with van der Waals surface area (Å²) in [7, 11) is -57.9. The van der Waals surface area contributed by atoms with E-state index >= 15 is 0 Å². The standard InChI is InChI=1S/2C29H17Cl2N5O17S5.5K.5Na/c2*30-27-28(31)33-20-7-11(1-4-17(20)32-27)29(38)34-18-5-3-14-16(25(18)57(48,49)50)10-22(56(45,46)47)23(24(14)37)36-35-19-6-2-13-15(26(19)58(51,52)53)8-12(54(39,40)41)9-21(13)55(42,43)44;;;;;;;;;;/h2*1-10,37H,(H,34,38)(H,39,40,41)(H,42,43,44)(H,45,46,47)(H,48,49,50)(H,51,52,53);;;;;;;;;;/q;;10*+1/p-10. The summed E-state index contributed by atoms with van der Waals surface area (Å²) in [5.74, 6) is -4.97. The van der Waals surface area contributed by atoms with Gasteiger partial charge in [-0.1, -0.05) is 58.5 Å². The number of nitrogens with one attached hydrogen (secondary N) is 2. The Hall–Kier alpha value is 3.10. The number of carbonyl (C=O) groups is 2. The van der Waals surface area contributed by atoms with Crippen molar-refractivity contribution < 1.29 is 554 Å². The Morgan fingerprint density at radius 1 is 0.286 bits per heavy atom. The maximum absolute atomic E-state index is 13.2. The average Bonchev–Trinajstić information content (AvgIpc) is 0.749. The zero-order valence-corrected chi connectivity index (χ0v) is 101. The molecule has 0 aliphatic heterocycles. The summed E-state index contributed by atoms with van der Waals surface area (Å²) in [6.07, 6.45) is 0. The van der Waals surface area contributed by atoms with Crippen LogP contribution in [0.25, 0.3) is 65.2 Å². The van der Waals surface area contributed by atoms with Gasteiger partial charge in [0.25, 0.3) is 11.8 Å². The molecule has 126 heavy (non-hydrogen) atoms. The van der Waals surface area contributed by atoms with E-state index in [1.165, 1.54) is 24.3 Å². The molecule has 12 rings (SSSR count). The summed E-state index contributed by atoms with van der Waals surface area (Å²) < 4.78 is 367. The molecule has 0 spiro atoms. The number of hydrogen-bond acceptors (Lipinski definition) is 42. The van der Waals surface area contributed by atoms with Crippen molar-refractivity contribution in [3.63, 3.8) is 0 Å². The van der Waals surface area contributed by atoms with Crippen molar-refractivity contribution in [2.75, 3.05) is 10.6 Å². The molecule has 2 amide bonds. The molecule has 68 heteroatoms. The molecule has 608 valence electrons. The van der Waals surface area contributed by atoms with Gasteiger partial charge in [0.2, 0.25) is 0 Å². The molecule has 2 heterocycles. The monoisotopic (exact) mass is 2170 g/mol. The molecule has 0 aliphatic carbocycles. The Balaban J connectivity index is 0.00000117. The van der Waals surface area contributed by atoms with Gasteiger partial charge in [0.1, 0.15) is 124 Å². The number of fused-ring (bicyclic) bond motifs is 6. The molecule has 0 saturated heterocycles. The molecule has 0 bridgehead atoms. The largest absolute Gasteiger partial charge is 1.00 e. The van der Waals surface area contributed by atoms with Gasteiger partial charge in [0.05, 0.1) is 82.4 Å². The van der Waals surface area contributed by atoms with Gasteiger partial charge in [0.15, 0.2) is 32.1 Å². The van der Waals surface area contributed by atoms with E-state index in [2.05, 4.69) is 51.0 Å². The molecular weight excluding hydrogens is 2150 g/mol. The Bertz CT molecular complexity index is 7440. The van der Waals surface area contributed by atoms with E-state index in [0.717, 1.165) is 36.4 Å². The number of carbonyl (C=O) groups excluding carboxylic acids is 2. The van der Waals surface area contributed by atoms with Crippen LogP contribution in [-0.4, -0.2) is 172 Å². The molecule has 44 nitrogen and oxygen atoms in total. The van der Waals surface area contributed by atoms with E-state index in [9.17, 15) is 150 Å². The number of anilines is 2. The Morgan fingerprint density at radius 3 is 0.810 bits per heavy atom. The summed E-state index contributed by atoms with van der Waals surface area (Å²) in [5, 5.41) is 31.7. The number of rotatable bonds is 18. The van der Waals surface area contributed by atoms with E-state index in [-0.39, 0.29) is 495 Å². The first kappa shape index (κ1) is 127. The number of azo groups is 2. The quantitative estimate of drug-likeness (QED) is 0.0352. The second-order valence-corrected chi connectivity index (χ2v) is 37.8. The zero-order chi connectivity index (χ0) is 86.2. The molecule has 2 aromatic heterocycles. The van der Waals surface area contributed by atoms with Gasteiger partial charge < -0.3 is 66.4 Å². The molecule has 0 unspecified atom stereocenters. The first-order chi connectivity index (χ1) is 53.1. The Labute approximate surface area is 1050 Å². The van der Waals surface area contributed by atoms with Crippen LogP contribution < -0.4 is 415 Å². The zero-order valence-electron chi connectivity index (χ0n) is 64.7. The fourth-order valence-corrected chi connectivity index (χ4v) is 18.8. The van der Waals surface area contributed by atoms with Gasteiger partial charge in [0, 0.05) is 54.2 Å². The molecule has 0 fully saturated rings. The van der Waals surface area contributed by atoms with E-state index < -0.39 is 251 Å². The van der Waals surface area contributed by atoms with Crippen LogP contribution in [0.3, 0.4) is 0 Å². The molecule has 0 saturated carbocycles. The van der Waals surface area contributed by atoms with Crippen LogP contribution in [0.15, 0.2) is 191 Å². The maximum Gasteiger partial charge on any atom is 1.00 e. The van der Waals surface area contributed by atoms with Crippen molar-refractivity contribution in [3.05, 3.63) is 153 Å². The van der Waals surface area contributed by atoms with E-state index in [1.807, 2.05) is 0 Å². The molecule has 12 aromatic rings. The van der Waals surface area contributed by atoms with Crippen molar-refractivity contribution in [1.29, 1.82) is 0 Å². The first-order valence-corrected chi connectivity index (χ1v) is 44.9. The number of halogens is 4. The van der Waals surface area contributed by atoms with Crippen LogP contribution in [0, 0.1) is 0 Å². The van der Waals surface area contributed by atoms with Gasteiger partial charge in [-0.15, -0.1) is 20.5 Å². The normalized spacial score (nSPS) is 12.1. The Morgan fingerprint density at radius 2 is 0.548 bits per heavy atom. The van der Waals surface area contributed by atoms with Crippen molar-refractivity contribution in [3.8, 4) is 11.5 Å². The molecule has 4 N–H and O–H groups in total. The van der Waals surface area contributed by atoms with Crippen molar-refractivity contribution in [1.82, 2.24) is 19.9 Å². The fraction of sp³-hybridized carbons (Fsp3) is 0. The van der Waals surface area contributed by atoms with Crippen LogP contribution >= 0.6 is 46.4 Å². The van der Waals surface area contributed by atoms with Gasteiger partial charge in [-0.3, -0.25) is 9.59 Å². The average molecular weight is 2180 g/mol. The van der Waals surface area contributed by atoms with Crippen LogP contribution in [0.2, 0.25) is 20.6 Å². The van der Waals surface area contributed by atoms with E-state index in [1.54, 1.807) is 0 Å². The Kier molecular flexibility index (Phi) is 48.7. The number of nitrogens with zero attached hydrogens (tertiary/aromatic N) is 8. The van der Waals surface area contributed by atoms with Gasteiger partial charge >= 0.3 is 405 Å². The fourth-order valence-electron chi connectivity index (χ4n) is 11.1. The molecule has 0 aliphatic rings. The topological polar surface area (TPSA) is 772 Å². The minimum atomic E-state index is -5.94. The smallest absolute Gasteiger partial charge is 0.744 e. The van der Waals surface area contributed by atoms with Crippen molar-refractivity contribution >= 4 is 259 Å². The summed E-state index contributed by atoms with van der Waals surface area (Å²) in [5.41, 5.74) is -6.59. The molecule has 0 radical (unpaired) electrons. The van der Waals surface area contributed by atoms with Crippen molar-refractivity contribution in [2.45, 2.75) is 49.0 Å². The maximum atomic E-state index is 13.2. The second-order valence-electron chi connectivity index (χ2n) is 22.9. The van der Waals surface area contributed by atoms with Gasteiger partial charge in [-0.25, -0.2) is 104 Å². The van der Waals surface area contributed by atoms with Gasteiger partial charge in [-0.2, -0.15) is 0 Å². The number of benzene rings is 10. The summed E-state index contributed by atoms with van der Waals surface area (Å²) in [6, 6.07) is 13.9. The number of phenolic OH excluding ortho intramolecular Hbond substituents is 2. The minimum absolute atomic E-state index is 0. The van der Waals surface area contributed by atoms with E-state index in [0.29, 0.717) is 24.3 Å². The molecular formula is C58H24Cl4K5N10Na5O34S10. The SMILES string of the molecule is O=C(Nc1ccc2c(O)c(N=Nc3ccc4c(S(=O)(=O)[O-])cc(S(=O)(=O)[O-])cc4c3S(=O)(=O)[O-])c(S(=O)(=O)[O-])cc2c1S(=O)(=O)[O-])c1ccc2nc(Cl)c(Cl)nc2c1.O=C(Nc1ccc2c(O)c(N=Nc3ccc4c(S(=O)(=O)[O-])cc(S(=O)(=O)[O-])cc4c3S(=O)(=O)[O-])c(S(=O)(=O)[O-])cc2c1S(=O)(=O)[O-])c1ccc2nc(Cl)c(Cl)nc2c1.[K+].[K+].[K+].[K+].[K+].[Na+].[Na+].[Na+].[Na+].[Na+]. The van der Waals surface area contributed by atoms with Crippen LogP contribution in [-0.2, 0) is 101 Å². The third-order valence-corrected chi connectivity index (χ3v) is 25.8. The van der Waals surface area contributed by atoms with Crippen molar-refractivity contribution in [2.24, 2.45) is 20.5 Å². The second kappa shape index (κ2) is 48.2. The first-order valence-electron chi connectivity index (χ1n) is 29.3. The van der Waals surface area contributed by atoms with Crippen LogP contribution in [0.4, 0.5) is 34.1 Å². The van der Waals surface area contributed by atoms with Gasteiger partial charge in [-0.05, 0) is 109 Å². The van der Waals surface area contributed by atoms with Crippen LogP contribution in [0.1, 0.15) is 20.7 Å². The number of hydrogen-bond donors (Lipinski definition) is 4. The number of aromatic nitrogens is 4. The summed E-state index contributed by atoms with van der Waals surface area (Å²) >= 11 is 23.5. The third-order valence-electron chi connectivity index (χ3n) is 15.7. The molecule has 0 atom stereocenters. The third kappa shape index (κ3) is 29.2. The predicted octanol–water partition coefficient (Wildman–Crippen LogP) is -23.7. The number of amides is 2. The number of phenols is 2. The minimum Gasteiger partial charge on any atom is -0.744 e. The predicted molar refractivity (Wildman–Crippen MR) is 382 cm³/mol. The molecule has 10 aromatic carbocycles.